The van der Waals surface area contributed by atoms with E-state index in [1.807, 2.05) is 31.1 Å². The van der Waals surface area contributed by atoms with Crippen LogP contribution in [-0.4, -0.2) is 34.7 Å². The molecule has 0 aliphatic rings. The third-order valence-electron chi connectivity index (χ3n) is 5.37. The minimum atomic E-state index is -0.666. The van der Waals surface area contributed by atoms with Gasteiger partial charge in [-0.1, -0.05) is 53.0 Å². The van der Waals surface area contributed by atoms with Crippen LogP contribution in [0, 0.1) is 10.1 Å². The summed E-state index contributed by atoms with van der Waals surface area (Å²) in [5, 5.41) is 18.6. The van der Waals surface area contributed by atoms with Crippen molar-refractivity contribution in [2.45, 2.75) is 0 Å². The lowest BCUT2D eigenvalue weighted by atomic mass is 10.1. The van der Waals surface area contributed by atoms with Gasteiger partial charge in [0.2, 0.25) is 0 Å². The van der Waals surface area contributed by atoms with E-state index in [-0.39, 0.29) is 37.8 Å². The Morgan fingerprint density at radius 1 is 1.00 bits per heavy atom. The Hall–Kier alpha value is -3.92. The summed E-state index contributed by atoms with van der Waals surface area (Å²) >= 11 is 18.7. The van der Waals surface area contributed by atoms with E-state index in [1.165, 1.54) is 36.4 Å². The second-order valence-corrected chi connectivity index (χ2v) is 9.33. The third kappa shape index (κ3) is 5.59. The summed E-state index contributed by atoms with van der Waals surface area (Å²) < 4.78 is 0.960. The second kappa shape index (κ2) is 10.6. The summed E-state index contributed by atoms with van der Waals surface area (Å²) in [5.41, 5.74) is 1.16. The van der Waals surface area contributed by atoms with Gasteiger partial charge >= 0.3 is 0 Å². The molecule has 4 aromatic rings. The normalized spacial score (nSPS) is 10.7. The Labute approximate surface area is 226 Å². The first-order valence-corrected chi connectivity index (χ1v) is 11.8. The van der Waals surface area contributed by atoms with E-state index in [2.05, 4.69) is 10.4 Å². The zero-order valence-corrected chi connectivity index (χ0v) is 21.7. The Kier molecular flexibility index (Phi) is 7.49. The summed E-state index contributed by atoms with van der Waals surface area (Å²) in [7, 11) is 3.78. The van der Waals surface area contributed by atoms with E-state index in [9.17, 15) is 19.7 Å². The monoisotopic (exact) mass is 557 g/mol. The first-order chi connectivity index (χ1) is 17.5. The molecule has 1 aromatic heterocycles. The van der Waals surface area contributed by atoms with E-state index < -0.39 is 16.4 Å². The lowest BCUT2D eigenvalue weighted by Gasteiger charge is -2.16. The van der Waals surface area contributed by atoms with Crippen molar-refractivity contribution in [3.8, 4) is 16.8 Å². The molecule has 9 nitrogen and oxygen atoms in total. The minimum absolute atomic E-state index is 0.00999. The molecule has 0 fully saturated rings. The molecule has 4 rings (SSSR count). The highest BCUT2D eigenvalue weighted by molar-refractivity contribution is 6.40. The fourth-order valence-electron chi connectivity index (χ4n) is 3.55. The first kappa shape index (κ1) is 26.2. The quantitative estimate of drug-likeness (QED) is 0.227. The minimum Gasteiger partial charge on any atom is -0.378 e. The maximum atomic E-state index is 13.2. The number of hydrogen-bond donors (Lipinski definition) is 1. The topological polar surface area (TPSA) is 110 Å². The van der Waals surface area contributed by atoms with Crippen molar-refractivity contribution in [1.29, 1.82) is 0 Å². The summed E-state index contributed by atoms with van der Waals surface area (Å²) in [6.07, 6.45) is 0. The van der Waals surface area contributed by atoms with Gasteiger partial charge < -0.3 is 10.2 Å². The molecule has 0 aliphatic carbocycles. The van der Waals surface area contributed by atoms with Crippen LogP contribution in [0.3, 0.4) is 0 Å². The van der Waals surface area contributed by atoms with Crippen LogP contribution in [0.25, 0.3) is 16.8 Å². The maximum Gasteiger partial charge on any atom is 0.272 e. The van der Waals surface area contributed by atoms with Crippen molar-refractivity contribution in [3.63, 3.8) is 0 Å². The van der Waals surface area contributed by atoms with Gasteiger partial charge in [-0.2, -0.15) is 4.68 Å². The zero-order chi connectivity index (χ0) is 26.9. The standard InChI is InChI=1S/C25H18Cl3N5O4/c1-31(2)17-8-6-14(7-9-17)19-13-22(34)32(23-20(27)11-16(26)12-21(23)28)30-24(19)29-25(35)15-4-3-5-18(10-15)33(36)37/h3-13H,1-2H3,(H,29,30,35). The van der Waals surface area contributed by atoms with Gasteiger partial charge in [-0.15, -0.1) is 5.10 Å². The van der Waals surface area contributed by atoms with Gasteiger partial charge in [0.25, 0.3) is 17.2 Å². The third-order valence-corrected chi connectivity index (χ3v) is 6.17. The summed E-state index contributed by atoms with van der Waals surface area (Å²) in [6.45, 7) is 0. The highest BCUT2D eigenvalue weighted by Gasteiger charge is 2.20. The molecule has 0 saturated carbocycles. The number of carbonyl (C=O) groups excluding carboxylic acids is 1. The summed E-state index contributed by atoms with van der Waals surface area (Å²) in [6, 6.07) is 16.6. The molecule has 3 aromatic carbocycles. The number of carbonyl (C=O) groups is 1. The van der Waals surface area contributed by atoms with Gasteiger partial charge in [0.05, 0.1) is 15.0 Å². The van der Waals surface area contributed by atoms with Crippen molar-refractivity contribution in [2.24, 2.45) is 0 Å². The van der Waals surface area contributed by atoms with Gasteiger partial charge in [-0.3, -0.25) is 19.7 Å². The average Bonchev–Trinajstić information content (AvgIpc) is 2.85. The molecule has 0 bridgehead atoms. The Bertz CT molecular complexity index is 1560. The SMILES string of the molecule is CN(C)c1ccc(-c2cc(=O)n(-c3c(Cl)cc(Cl)cc3Cl)nc2NC(=O)c2cccc([N+](=O)[O-])c2)cc1. The number of rotatable bonds is 6. The predicted octanol–water partition coefficient (Wildman–Crippen LogP) is 6.09. The molecule has 188 valence electrons. The number of nitrogens with one attached hydrogen (secondary N) is 1. The van der Waals surface area contributed by atoms with Crippen LogP contribution in [0.4, 0.5) is 17.2 Å². The van der Waals surface area contributed by atoms with Crippen LogP contribution in [0.5, 0.6) is 0 Å². The van der Waals surface area contributed by atoms with Crippen molar-refractivity contribution in [2.75, 3.05) is 24.3 Å². The van der Waals surface area contributed by atoms with Gasteiger partial charge in [-0.05, 0) is 35.9 Å². The zero-order valence-electron chi connectivity index (χ0n) is 19.4. The van der Waals surface area contributed by atoms with Gasteiger partial charge in [0.15, 0.2) is 5.82 Å². The predicted molar refractivity (Wildman–Crippen MR) is 146 cm³/mol. The number of benzene rings is 3. The fourth-order valence-corrected chi connectivity index (χ4v) is 4.52. The van der Waals surface area contributed by atoms with Crippen LogP contribution in [0.2, 0.25) is 15.1 Å². The molecule has 0 spiro atoms. The number of nitro groups is 1. The van der Waals surface area contributed by atoms with E-state index in [4.69, 9.17) is 34.8 Å². The highest BCUT2D eigenvalue weighted by atomic mass is 35.5. The van der Waals surface area contributed by atoms with Gasteiger partial charge in [0.1, 0.15) is 5.69 Å². The number of anilines is 2. The number of nitrogens with zero attached hydrogens (tertiary/aromatic N) is 4. The number of nitro benzene ring substituents is 1. The Morgan fingerprint density at radius 3 is 2.24 bits per heavy atom. The molecule has 1 amide bonds. The molecule has 0 radical (unpaired) electrons. The fraction of sp³-hybridized carbons (Fsp3) is 0.0800. The van der Waals surface area contributed by atoms with Gasteiger partial charge in [-0.25, -0.2) is 0 Å². The smallest absolute Gasteiger partial charge is 0.272 e. The lowest BCUT2D eigenvalue weighted by molar-refractivity contribution is -0.384. The van der Waals surface area contributed by atoms with E-state index >= 15 is 0 Å². The molecule has 1 heterocycles. The largest absolute Gasteiger partial charge is 0.378 e. The molecule has 0 saturated heterocycles. The van der Waals surface area contributed by atoms with E-state index in [1.54, 1.807) is 12.1 Å². The number of amides is 1. The van der Waals surface area contributed by atoms with Crippen LogP contribution in [0.1, 0.15) is 10.4 Å². The Morgan fingerprint density at radius 2 is 1.65 bits per heavy atom. The number of aromatic nitrogens is 2. The maximum absolute atomic E-state index is 13.2. The number of non-ortho nitro benzene ring substituents is 1. The summed E-state index contributed by atoms with van der Waals surface area (Å²) in [5.74, 6) is -0.656. The second-order valence-electron chi connectivity index (χ2n) is 8.08. The van der Waals surface area contributed by atoms with E-state index in [0.717, 1.165) is 16.4 Å². The molecule has 0 unspecified atom stereocenters. The number of halogens is 3. The van der Waals surface area contributed by atoms with Crippen molar-refractivity contribution in [1.82, 2.24) is 9.78 Å². The molecule has 12 heteroatoms. The number of hydrogen-bond acceptors (Lipinski definition) is 6. The van der Waals surface area contributed by atoms with Crippen molar-refractivity contribution >= 4 is 57.9 Å². The molecule has 37 heavy (non-hydrogen) atoms. The molecule has 0 aliphatic heterocycles. The molecular formula is C25H18Cl3N5O4. The van der Waals surface area contributed by atoms with Crippen molar-refractivity contribution in [3.05, 3.63) is 108 Å². The van der Waals surface area contributed by atoms with E-state index in [0.29, 0.717) is 11.1 Å². The molecular weight excluding hydrogens is 541 g/mol. The van der Waals surface area contributed by atoms with Crippen LogP contribution in [-0.2, 0) is 0 Å². The van der Waals surface area contributed by atoms with Crippen molar-refractivity contribution < 1.29 is 9.72 Å². The highest BCUT2D eigenvalue weighted by Crippen LogP contribution is 2.33. The lowest BCUT2D eigenvalue weighted by Crippen LogP contribution is -2.25. The Balaban J connectivity index is 1.87. The molecule has 1 N–H and O–H groups in total. The van der Waals surface area contributed by atoms with Crippen LogP contribution in [0.15, 0.2) is 71.5 Å². The molecule has 0 atom stereocenters. The first-order valence-electron chi connectivity index (χ1n) is 10.7. The van der Waals surface area contributed by atoms with Crippen LogP contribution < -0.4 is 15.8 Å². The summed E-state index contributed by atoms with van der Waals surface area (Å²) in [4.78, 5) is 38.7. The average molecular weight is 559 g/mol. The van der Waals surface area contributed by atoms with Crippen LogP contribution >= 0.6 is 34.8 Å². The van der Waals surface area contributed by atoms with Gasteiger partial charge in [0, 0.05) is 54.1 Å².